The maximum atomic E-state index is 11.2. The van der Waals surface area contributed by atoms with Gasteiger partial charge in [0.15, 0.2) is 11.5 Å². The largest absolute Gasteiger partial charge is 0.465 e. The van der Waals surface area contributed by atoms with Gasteiger partial charge in [-0.25, -0.2) is 24.7 Å². The van der Waals surface area contributed by atoms with Crippen LogP contribution in [0.15, 0.2) is 30.9 Å². The van der Waals surface area contributed by atoms with Crippen molar-refractivity contribution >= 4 is 23.1 Å². The number of hydrogen-bond acceptors (Lipinski definition) is 6. The van der Waals surface area contributed by atoms with Gasteiger partial charge in [0.05, 0.1) is 6.20 Å². The van der Waals surface area contributed by atoms with Crippen molar-refractivity contribution in [3.63, 3.8) is 0 Å². The number of carboxylic acid groups (broad SMARTS) is 1. The predicted octanol–water partition coefficient (Wildman–Crippen LogP) is 1.97. The number of aromatic nitrogens is 5. The van der Waals surface area contributed by atoms with E-state index in [4.69, 9.17) is 0 Å². The molecule has 4 heterocycles. The lowest BCUT2D eigenvalue weighted by Gasteiger charge is -2.31. The van der Waals surface area contributed by atoms with E-state index in [9.17, 15) is 9.90 Å². The Balaban J connectivity index is 1.61. The molecule has 25 heavy (non-hydrogen) atoms. The van der Waals surface area contributed by atoms with E-state index in [0.29, 0.717) is 35.9 Å². The fourth-order valence-electron chi connectivity index (χ4n) is 3.04. The minimum atomic E-state index is -0.894. The molecule has 0 bridgehead atoms. The number of likely N-dealkylation sites (tertiary alicyclic amines) is 1. The molecule has 1 amide bonds. The Hall–Kier alpha value is -3.23. The maximum absolute atomic E-state index is 11.2. The van der Waals surface area contributed by atoms with Crippen LogP contribution in [-0.2, 0) is 0 Å². The highest BCUT2D eigenvalue weighted by Crippen LogP contribution is 2.24. The number of amides is 1. The number of nitrogens with zero attached hydrogens (tertiary/aromatic N) is 5. The van der Waals surface area contributed by atoms with Crippen LogP contribution in [0.2, 0.25) is 0 Å². The lowest BCUT2D eigenvalue weighted by atomic mass is 10.1. The molecule has 0 aliphatic carbocycles. The molecule has 1 unspecified atom stereocenters. The van der Waals surface area contributed by atoms with Gasteiger partial charge in [-0.3, -0.25) is 0 Å². The summed E-state index contributed by atoms with van der Waals surface area (Å²) in [5.74, 6) is 0.587. The number of carbonyl (C=O) groups is 1. The van der Waals surface area contributed by atoms with Gasteiger partial charge in [-0.15, -0.1) is 0 Å². The average molecular weight is 339 g/mol. The smallest absolute Gasteiger partial charge is 0.407 e. The van der Waals surface area contributed by atoms with Gasteiger partial charge in [0.1, 0.15) is 16.9 Å². The van der Waals surface area contributed by atoms with Crippen LogP contribution in [0.5, 0.6) is 0 Å². The van der Waals surface area contributed by atoms with Crippen molar-refractivity contribution in [1.82, 2.24) is 29.8 Å². The molecule has 128 valence electrons. The summed E-state index contributed by atoms with van der Waals surface area (Å²) in [6.45, 7) is 0.990. The summed E-state index contributed by atoms with van der Waals surface area (Å²) in [6.07, 6.45) is 7.44. The summed E-state index contributed by atoms with van der Waals surface area (Å²) in [5, 5.41) is 12.5. The number of nitrogens with one attached hydrogen (secondary N) is 2. The average Bonchev–Trinajstić information content (AvgIpc) is 3.10. The van der Waals surface area contributed by atoms with Gasteiger partial charge in [-0.05, 0) is 18.9 Å². The Kier molecular flexibility index (Phi) is 3.88. The Bertz CT molecular complexity index is 910. The van der Waals surface area contributed by atoms with E-state index >= 15 is 0 Å². The number of piperidine rings is 1. The van der Waals surface area contributed by atoms with Crippen molar-refractivity contribution in [2.24, 2.45) is 0 Å². The van der Waals surface area contributed by atoms with Crippen LogP contribution in [0.4, 0.5) is 10.6 Å². The second kappa shape index (κ2) is 6.34. The first-order valence-electron chi connectivity index (χ1n) is 8.06. The van der Waals surface area contributed by atoms with E-state index < -0.39 is 6.09 Å². The molecule has 3 N–H and O–H groups in total. The van der Waals surface area contributed by atoms with E-state index in [1.807, 2.05) is 6.07 Å². The third kappa shape index (κ3) is 3.08. The Labute approximate surface area is 143 Å². The number of anilines is 1. The van der Waals surface area contributed by atoms with Gasteiger partial charge >= 0.3 is 6.09 Å². The minimum absolute atomic E-state index is 0.00995. The highest BCUT2D eigenvalue weighted by molar-refractivity contribution is 5.76. The molecule has 1 aliphatic rings. The maximum Gasteiger partial charge on any atom is 0.407 e. The molecule has 0 spiro atoms. The topological polar surface area (TPSA) is 120 Å². The normalized spacial score (nSPS) is 17.6. The zero-order chi connectivity index (χ0) is 17.2. The van der Waals surface area contributed by atoms with E-state index in [1.54, 1.807) is 24.8 Å². The second-order valence-corrected chi connectivity index (χ2v) is 5.93. The van der Waals surface area contributed by atoms with E-state index in [0.717, 1.165) is 18.4 Å². The van der Waals surface area contributed by atoms with Gasteiger partial charge < -0.3 is 20.3 Å². The molecular weight excluding hydrogens is 322 g/mol. The van der Waals surface area contributed by atoms with Crippen molar-refractivity contribution in [3.8, 4) is 11.4 Å². The molecule has 1 fully saturated rings. The summed E-state index contributed by atoms with van der Waals surface area (Å²) in [6, 6.07) is 1.84. The van der Waals surface area contributed by atoms with Crippen LogP contribution in [-0.4, -0.2) is 60.2 Å². The highest BCUT2D eigenvalue weighted by Gasteiger charge is 2.24. The monoisotopic (exact) mass is 339 g/mol. The third-order valence-corrected chi connectivity index (χ3v) is 4.23. The fraction of sp³-hybridized carbons (Fsp3) is 0.312. The number of rotatable bonds is 3. The van der Waals surface area contributed by atoms with Crippen LogP contribution < -0.4 is 5.32 Å². The second-order valence-electron chi connectivity index (χ2n) is 5.93. The van der Waals surface area contributed by atoms with Gasteiger partial charge in [0, 0.05) is 37.7 Å². The number of fused-ring (bicyclic) bond motifs is 1. The van der Waals surface area contributed by atoms with Crippen molar-refractivity contribution < 1.29 is 9.90 Å². The van der Waals surface area contributed by atoms with Gasteiger partial charge in [0.25, 0.3) is 0 Å². The standard InChI is InChI=1S/C16H17N7O2/c24-16(25)23-7-1-2-10(9-23)21-15-13(17-5-6-19-15)12-8-20-14-11(22-12)3-4-18-14/h3-6,8,10H,1-2,7,9H2,(H,18,20)(H,19,21)(H,24,25). The van der Waals surface area contributed by atoms with E-state index in [2.05, 4.69) is 30.2 Å². The lowest BCUT2D eigenvalue weighted by Crippen LogP contribution is -2.44. The quantitative estimate of drug-likeness (QED) is 0.667. The third-order valence-electron chi connectivity index (χ3n) is 4.23. The zero-order valence-corrected chi connectivity index (χ0v) is 13.4. The summed E-state index contributed by atoms with van der Waals surface area (Å²) < 4.78 is 0. The molecular formula is C16H17N7O2. The Morgan fingerprint density at radius 3 is 3.08 bits per heavy atom. The number of aromatic amines is 1. The van der Waals surface area contributed by atoms with Crippen molar-refractivity contribution in [2.75, 3.05) is 18.4 Å². The van der Waals surface area contributed by atoms with Gasteiger partial charge in [-0.2, -0.15) is 0 Å². The predicted molar refractivity (Wildman–Crippen MR) is 91.2 cm³/mol. The SMILES string of the molecule is O=C(O)N1CCCC(Nc2nccnc2-c2cnc3[nH]ccc3n2)C1. The van der Waals surface area contributed by atoms with Crippen molar-refractivity contribution in [1.29, 1.82) is 0 Å². The molecule has 0 saturated carbocycles. The molecule has 0 radical (unpaired) electrons. The molecule has 1 atom stereocenters. The van der Waals surface area contributed by atoms with Crippen LogP contribution in [0, 0.1) is 0 Å². The molecule has 3 aromatic rings. The zero-order valence-electron chi connectivity index (χ0n) is 13.4. The van der Waals surface area contributed by atoms with Crippen LogP contribution in [0.3, 0.4) is 0 Å². The van der Waals surface area contributed by atoms with Crippen molar-refractivity contribution in [2.45, 2.75) is 18.9 Å². The van der Waals surface area contributed by atoms with Gasteiger partial charge in [0.2, 0.25) is 0 Å². The molecule has 9 nitrogen and oxygen atoms in total. The fourth-order valence-corrected chi connectivity index (χ4v) is 3.04. The van der Waals surface area contributed by atoms with Crippen molar-refractivity contribution in [3.05, 3.63) is 30.9 Å². The molecule has 3 aromatic heterocycles. The molecule has 4 rings (SSSR count). The Morgan fingerprint density at radius 1 is 1.32 bits per heavy atom. The first-order chi connectivity index (χ1) is 12.2. The first kappa shape index (κ1) is 15.3. The summed E-state index contributed by atoms with van der Waals surface area (Å²) >= 11 is 0. The number of H-pyrrole nitrogens is 1. The lowest BCUT2D eigenvalue weighted by molar-refractivity contribution is 0.133. The van der Waals surface area contributed by atoms with Crippen LogP contribution >= 0.6 is 0 Å². The summed E-state index contributed by atoms with van der Waals surface area (Å²) in [7, 11) is 0. The molecule has 1 saturated heterocycles. The van der Waals surface area contributed by atoms with E-state index in [1.165, 1.54) is 4.90 Å². The Morgan fingerprint density at radius 2 is 2.20 bits per heavy atom. The number of hydrogen-bond donors (Lipinski definition) is 3. The minimum Gasteiger partial charge on any atom is -0.465 e. The van der Waals surface area contributed by atoms with Gasteiger partial charge in [-0.1, -0.05) is 0 Å². The molecule has 9 heteroatoms. The summed E-state index contributed by atoms with van der Waals surface area (Å²) in [5.41, 5.74) is 2.69. The highest BCUT2D eigenvalue weighted by atomic mass is 16.4. The van der Waals surface area contributed by atoms with Crippen LogP contribution in [0.25, 0.3) is 22.6 Å². The first-order valence-corrected chi connectivity index (χ1v) is 8.06. The van der Waals surface area contributed by atoms with E-state index in [-0.39, 0.29) is 6.04 Å². The summed E-state index contributed by atoms with van der Waals surface area (Å²) in [4.78, 5) is 33.3. The van der Waals surface area contributed by atoms with Crippen LogP contribution in [0.1, 0.15) is 12.8 Å². The molecule has 0 aromatic carbocycles. The molecule has 1 aliphatic heterocycles.